The first-order chi connectivity index (χ1) is 7.36. The molecule has 0 aromatic carbocycles. The Bertz CT molecular complexity index is 357. The zero-order chi connectivity index (χ0) is 10.9. The van der Waals surface area contributed by atoms with Gasteiger partial charge in [-0.3, -0.25) is 0 Å². The summed E-state index contributed by atoms with van der Waals surface area (Å²) in [7, 11) is 0. The summed E-state index contributed by atoms with van der Waals surface area (Å²) in [5.41, 5.74) is 0.631. The number of anilines is 1. The minimum Gasteiger partial charge on any atom is -0.369 e. The van der Waals surface area contributed by atoms with Gasteiger partial charge in [0, 0.05) is 24.2 Å². The molecule has 1 rings (SSSR count). The molecule has 78 valence electrons. The van der Waals surface area contributed by atoms with Crippen molar-refractivity contribution in [3.8, 4) is 6.07 Å². The van der Waals surface area contributed by atoms with E-state index in [1.807, 2.05) is 17.8 Å². The van der Waals surface area contributed by atoms with E-state index in [2.05, 4.69) is 22.9 Å². The minimum absolute atomic E-state index is 0.631. The molecule has 4 heteroatoms. The van der Waals surface area contributed by atoms with Gasteiger partial charge in [-0.15, -0.1) is 6.58 Å². The van der Waals surface area contributed by atoms with Crippen LogP contribution in [0.4, 0.5) is 5.82 Å². The smallest absolute Gasteiger partial charge is 0.127 e. The molecule has 0 spiro atoms. The summed E-state index contributed by atoms with van der Waals surface area (Å²) < 4.78 is 0. The number of rotatable bonds is 6. The second-order valence-corrected chi connectivity index (χ2v) is 3.98. The third-order valence-corrected chi connectivity index (χ3v) is 2.64. The van der Waals surface area contributed by atoms with Gasteiger partial charge in [-0.2, -0.15) is 17.0 Å². The van der Waals surface area contributed by atoms with Crippen LogP contribution in [0.25, 0.3) is 0 Å². The molecule has 0 amide bonds. The average molecular weight is 219 g/mol. The van der Waals surface area contributed by atoms with Gasteiger partial charge in [-0.05, 0) is 12.1 Å². The van der Waals surface area contributed by atoms with Crippen molar-refractivity contribution >= 4 is 17.6 Å². The van der Waals surface area contributed by atoms with Gasteiger partial charge < -0.3 is 5.32 Å². The maximum absolute atomic E-state index is 8.68. The lowest BCUT2D eigenvalue weighted by molar-refractivity contribution is 1.17. The van der Waals surface area contributed by atoms with Gasteiger partial charge in [-0.25, -0.2) is 4.98 Å². The predicted molar refractivity (Wildman–Crippen MR) is 65.0 cm³/mol. The molecule has 1 aromatic rings. The highest BCUT2D eigenvalue weighted by atomic mass is 32.2. The maximum atomic E-state index is 8.68. The minimum atomic E-state index is 0.631. The maximum Gasteiger partial charge on any atom is 0.127 e. The number of nitrogens with one attached hydrogen (secondary N) is 1. The molecule has 0 bridgehead atoms. The highest BCUT2D eigenvalue weighted by Crippen LogP contribution is 2.06. The summed E-state index contributed by atoms with van der Waals surface area (Å²) in [6, 6.07) is 5.52. The van der Waals surface area contributed by atoms with Crippen LogP contribution in [0.2, 0.25) is 0 Å². The quantitative estimate of drug-likeness (QED) is 0.589. The molecule has 3 nitrogen and oxygen atoms in total. The summed E-state index contributed by atoms with van der Waals surface area (Å²) in [4.78, 5) is 4.11. The molecule has 0 aliphatic heterocycles. The van der Waals surface area contributed by atoms with Crippen LogP contribution in [-0.4, -0.2) is 23.0 Å². The molecular formula is C11H13N3S. The zero-order valence-electron chi connectivity index (χ0n) is 8.44. The first-order valence-corrected chi connectivity index (χ1v) is 5.81. The number of pyridine rings is 1. The van der Waals surface area contributed by atoms with Gasteiger partial charge in [0.15, 0.2) is 0 Å². The van der Waals surface area contributed by atoms with Gasteiger partial charge in [0.05, 0.1) is 11.6 Å². The lowest BCUT2D eigenvalue weighted by atomic mass is 10.3. The number of nitriles is 1. The number of hydrogen-bond acceptors (Lipinski definition) is 4. The lowest BCUT2D eigenvalue weighted by Gasteiger charge is -2.04. The van der Waals surface area contributed by atoms with Crippen molar-refractivity contribution in [2.75, 3.05) is 23.4 Å². The fourth-order valence-corrected chi connectivity index (χ4v) is 1.59. The summed E-state index contributed by atoms with van der Waals surface area (Å²) >= 11 is 1.81. The number of hydrogen-bond donors (Lipinski definition) is 1. The van der Waals surface area contributed by atoms with E-state index in [1.54, 1.807) is 18.3 Å². The monoisotopic (exact) mass is 219 g/mol. The molecule has 0 unspecified atom stereocenters. The summed E-state index contributed by atoms with van der Waals surface area (Å²) in [5, 5.41) is 11.8. The van der Waals surface area contributed by atoms with Gasteiger partial charge >= 0.3 is 0 Å². The highest BCUT2D eigenvalue weighted by Gasteiger charge is 1.95. The van der Waals surface area contributed by atoms with E-state index in [-0.39, 0.29) is 0 Å². The van der Waals surface area contributed by atoms with Crippen LogP contribution in [0.3, 0.4) is 0 Å². The number of nitrogens with zero attached hydrogens (tertiary/aromatic N) is 2. The standard InChI is InChI=1S/C11H13N3S/c1-2-6-15-7-5-14-11-8-10(9-12)3-4-13-11/h2-4,8H,1,5-7H2,(H,13,14). The van der Waals surface area contributed by atoms with E-state index in [0.29, 0.717) is 5.56 Å². The second-order valence-electron chi connectivity index (χ2n) is 2.83. The van der Waals surface area contributed by atoms with Crippen molar-refractivity contribution in [1.82, 2.24) is 4.98 Å². The third kappa shape index (κ3) is 4.52. The second kappa shape index (κ2) is 6.91. The van der Waals surface area contributed by atoms with Gasteiger partial charge in [0.25, 0.3) is 0 Å². The van der Waals surface area contributed by atoms with E-state index in [9.17, 15) is 0 Å². The summed E-state index contributed by atoms with van der Waals surface area (Å²) in [6.07, 6.45) is 3.52. The molecule has 1 aromatic heterocycles. The van der Waals surface area contributed by atoms with Crippen molar-refractivity contribution in [2.24, 2.45) is 0 Å². The normalized spacial score (nSPS) is 9.27. The molecule has 0 fully saturated rings. The Kier molecular flexibility index (Phi) is 5.34. The van der Waals surface area contributed by atoms with Crippen LogP contribution >= 0.6 is 11.8 Å². The topological polar surface area (TPSA) is 48.7 Å². The zero-order valence-corrected chi connectivity index (χ0v) is 9.26. The predicted octanol–water partition coefficient (Wildman–Crippen LogP) is 2.28. The Labute approximate surface area is 94.2 Å². The number of thioether (sulfide) groups is 1. The van der Waals surface area contributed by atoms with Crippen molar-refractivity contribution in [3.63, 3.8) is 0 Å². The molecule has 0 saturated heterocycles. The van der Waals surface area contributed by atoms with Crippen molar-refractivity contribution < 1.29 is 0 Å². The molecule has 0 atom stereocenters. The van der Waals surface area contributed by atoms with Crippen molar-refractivity contribution in [2.45, 2.75) is 0 Å². The Hall–Kier alpha value is -1.47. The van der Waals surface area contributed by atoms with Crippen LogP contribution in [0.15, 0.2) is 31.0 Å². The Morgan fingerprint density at radius 3 is 3.27 bits per heavy atom. The first kappa shape index (κ1) is 11.6. The molecule has 1 heterocycles. The molecule has 15 heavy (non-hydrogen) atoms. The molecule has 0 aliphatic rings. The largest absolute Gasteiger partial charge is 0.369 e. The number of aromatic nitrogens is 1. The van der Waals surface area contributed by atoms with Crippen molar-refractivity contribution in [3.05, 3.63) is 36.5 Å². The molecule has 0 saturated carbocycles. The Morgan fingerprint density at radius 1 is 1.67 bits per heavy atom. The molecule has 0 aliphatic carbocycles. The van der Waals surface area contributed by atoms with Crippen LogP contribution in [0.1, 0.15) is 5.56 Å². The molecule has 1 N–H and O–H groups in total. The van der Waals surface area contributed by atoms with Crippen LogP contribution in [0, 0.1) is 11.3 Å². The van der Waals surface area contributed by atoms with Crippen LogP contribution in [-0.2, 0) is 0 Å². The SMILES string of the molecule is C=CCSCCNc1cc(C#N)ccn1. The van der Waals surface area contributed by atoms with E-state index >= 15 is 0 Å². The fourth-order valence-electron chi connectivity index (χ4n) is 1.01. The van der Waals surface area contributed by atoms with E-state index in [4.69, 9.17) is 5.26 Å². The van der Waals surface area contributed by atoms with Crippen LogP contribution < -0.4 is 5.32 Å². The lowest BCUT2D eigenvalue weighted by Crippen LogP contribution is -2.05. The summed E-state index contributed by atoms with van der Waals surface area (Å²) in [6.45, 7) is 4.50. The van der Waals surface area contributed by atoms with Crippen molar-refractivity contribution in [1.29, 1.82) is 5.26 Å². The molecule has 0 radical (unpaired) electrons. The highest BCUT2D eigenvalue weighted by molar-refractivity contribution is 7.99. The van der Waals surface area contributed by atoms with Gasteiger partial charge in [-0.1, -0.05) is 6.08 Å². The summed E-state index contributed by atoms with van der Waals surface area (Å²) in [5.74, 6) is 2.73. The van der Waals surface area contributed by atoms with E-state index in [1.165, 1.54) is 0 Å². The molecular weight excluding hydrogens is 206 g/mol. The average Bonchev–Trinajstić information content (AvgIpc) is 2.29. The van der Waals surface area contributed by atoms with Gasteiger partial charge in [0.1, 0.15) is 5.82 Å². The van der Waals surface area contributed by atoms with Crippen LogP contribution in [0.5, 0.6) is 0 Å². The third-order valence-electron chi connectivity index (χ3n) is 1.68. The first-order valence-electron chi connectivity index (χ1n) is 4.65. The Morgan fingerprint density at radius 2 is 2.53 bits per heavy atom. The Balaban J connectivity index is 2.31. The van der Waals surface area contributed by atoms with E-state index < -0.39 is 0 Å². The fraction of sp³-hybridized carbons (Fsp3) is 0.273. The van der Waals surface area contributed by atoms with E-state index in [0.717, 1.165) is 23.9 Å². The van der Waals surface area contributed by atoms with Gasteiger partial charge in [0.2, 0.25) is 0 Å².